The number of esters is 1. The predicted molar refractivity (Wildman–Crippen MR) is 117 cm³/mol. The van der Waals surface area contributed by atoms with Crippen molar-refractivity contribution in [1.82, 2.24) is 0 Å². The summed E-state index contributed by atoms with van der Waals surface area (Å²) in [5, 5.41) is 2.72. The van der Waals surface area contributed by atoms with E-state index in [2.05, 4.69) is 5.32 Å². The molecule has 2 amide bonds. The van der Waals surface area contributed by atoms with Gasteiger partial charge in [0.15, 0.2) is 0 Å². The first-order valence-corrected chi connectivity index (χ1v) is 10.1. The summed E-state index contributed by atoms with van der Waals surface area (Å²) < 4.78 is 5.18. The number of amides is 2. The van der Waals surface area contributed by atoms with Crippen molar-refractivity contribution < 1.29 is 19.1 Å². The topological polar surface area (TPSA) is 75.7 Å². The number of rotatable bonds is 7. The maximum absolute atomic E-state index is 12.9. The molecule has 156 valence electrons. The van der Waals surface area contributed by atoms with Gasteiger partial charge in [0.1, 0.15) is 10.7 Å². The third kappa shape index (κ3) is 4.54. The molecule has 0 aromatic heterocycles. The molecular weight excluding hydrogens is 404 g/mol. The molecule has 3 rings (SSSR count). The lowest BCUT2D eigenvalue weighted by Gasteiger charge is -2.16. The van der Waals surface area contributed by atoms with Crippen LogP contribution in [0.4, 0.5) is 11.4 Å². The summed E-state index contributed by atoms with van der Waals surface area (Å²) in [6.45, 7) is 6.18. The second-order valence-corrected chi connectivity index (χ2v) is 7.55. The molecule has 1 aliphatic heterocycles. The van der Waals surface area contributed by atoms with Gasteiger partial charge in [0.25, 0.3) is 11.8 Å². The van der Waals surface area contributed by atoms with Crippen molar-refractivity contribution in [3.63, 3.8) is 0 Å². The van der Waals surface area contributed by atoms with E-state index in [9.17, 15) is 14.4 Å². The highest BCUT2D eigenvalue weighted by Gasteiger charge is 2.39. The molecule has 6 nitrogen and oxygen atoms in total. The Kier molecular flexibility index (Phi) is 6.57. The second-order valence-electron chi connectivity index (χ2n) is 7.17. The molecule has 0 unspecified atom stereocenters. The minimum atomic E-state index is -0.578. The van der Waals surface area contributed by atoms with E-state index in [0.717, 1.165) is 28.9 Å². The lowest BCUT2D eigenvalue weighted by atomic mass is 10.1. The van der Waals surface area contributed by atoms with E-state index in [1.54, 1.807) is 36.4 Å². The van der Waals surface area contributed by atoms with Crippen LogP contribution in [0.25, 0.3) is 0 Å². The van der Waals surface area contributed by atoms with Crippen molar-refractivity contribution in [2.75, 3.05) is 16.8 Å². The largest absolute Gasteiger partial charge is 0.462 e. The fourth-order valence-electron chi connectivity index (χ4n) is 3.15. The molecule has 7 heteroatoms. The molecule has 0 atom stereocenters. The van der Waals surface area contributed by atoms with Crippen molar-refractivity contribution in [1.29, 1.82) is 0 Å². The summed E-state index contributed by atoms with van der Waals surface area (Å²) in [5.74, 6) is -1.51. The van der Waals surface area contributed by atoms with Crippen LogP contribution in [-0.4, -0.2) is 24.4 Å². The number of hydrogen-bond acceptors (Lipinski definition) is 5. The maximum Gasteiger partial charge on any atom is 0.338 e. The van der Waals surface area contributed by atoms with Gasteiger partial charge in [0, 0.05) is 5.69 Å². The normalized spacial score (nSPS) is 13.8. The fraction of sp³-hybridized carbons (Fsp3) is 0.261. The van der Waals surface area contributed by atoms with Gasteiger partial charge in [-0.05, 0) is 67.8 Å². The van der Waals surface area contributed by atoms with Crippen LogP contribution >= 0.6 is 11.6 Å². The lowest BCUT2D eigenvalue weighted by molar-refractivity contribution is -0.120. The number of aryl methyl sites for hydroxylation is 2. The Morgan fingerprint density at radius 2 is 1.67 bits per heavy atom. The number of benzene rings is 2. The van der Waals surface area contributed by atoms with E-state index in [1.807, 2.05) is 26.8 Å². The van der Waals surface area contributed by atoms with E-state index in [4.69, 9.17) is 16.3 Å². The molecule has 2 aromatic carbocycles. The summed E-state index contributed by atoms with van der Waals surface area (Å²) in [4.78, 5) is 38.6. The minimum absolute atomic E-state index is 0.000835. The Hall–Kier alpha value is -3.12. The number of nitrogens with zero attached hydrogens (tertiary/aromatic N) is 1. The Bertz CT molecular complexity index is 1010. The molecule has 1 heterocycles. The van der Waals surface area contributed by atoms with Crippen molar-refractivity contribution >= 4 is 40.8 Å². The van der Waals surface area contributed by atoms with Crippen LogP contribution in [0, 0.1) is 13.8 Å². The number of carbonyl (C=O) groups excluding carboxylic acids is 3. The molecule has 30 heavy (non-hydrogen) atoms. The van der Waals surface area contributed by atoms with Crippen molar-refractivity contribution in [3.8, 4) is 0 Å². The Morgan fingerprint density at radius 3 is 2.27 bits per heavy atom. The van der Waals surface area contributed by atoms with Crippen LogP contribution in [-0.2, 0) is 14.3 Å². The zero-order valence-corrected chi connectivity index (χ0v) is 17.9. The van der Waals surface area contributed by atoms with Gasteiger partial charge in [0.2, 0.25) is 0 Å². The Labute approximate surface area is 180 Å². The van der Waals surface area contributed by atoms with E-state index >= 15 is 0 Å². The number of hydrogen-bond donors (Lipinski definition) is 1. The standard InChI is InChI=1S/C23H23ClN2O4/c1-4-5-10-30-23(29)16-6-8-17(9-7-16)25-20-19(24)21(27)26(22(20)28)18-12-14(2)11-15(3)13-18/h6-9,11-13,25H,4-5,10H2,1-3H3. The van der Waals surface area contributed by atoms with Crippen LogP contribution in [0.3, 0.4) is 0 Å². The highest BCUT2D eigenvalue weighted by Crippen LogP contribution is 2.31. The smallest absolute Gasteiger partial charge is 0.338 e. The average Bonchev–Trinajstić information content (AvgIpc) is 2.91. The number of unbranched alkanes of at least 4 members (excludes halogenated alkanes) is 1. The molecule has 0 saturated carbocycles. The van der Waals surface area contributed by atoms with Gasteiger partial charge in [-0.3, -0.25) is 9.59 Å². The predicted octanol–water partition coefficient (Wildman–Crippen LogP) is 4.70. The number of halogens is 1. The van der Waals surface area contributed by atoms with Gasteiger partial charge >= 0.3 is 5.97 Å². The highest BCUT2D eigenvalue weighted by molar-refractivity contribution is 6.53. The number of imide groups is 1. The van der Waals surface area contributed by atoms with Crippen LogP contribution < -0.4 is 10.2 Å². The molecule has 0 radical (unpaired) electrons. The van der Waals surface area contributed by atoms with Crippen molar-refractivity contribution in [3.05, 3.63) is 69.9 Å². The van der Waals surface area contributed by atoms with Gasteiger partial charge in [-0.1, -0.05) is 31.0 Å². The summed E-state index contributed by atoms with van der Waals surface area (Å²) in [5.41, 5.74) is 3.27. The second kappa shape index (κ2) is 9.13. The summed E-state index contributed by atoms with van der Waals surface area (Å²) in [6, 6.07) is 11.9. The molecule has 0 bridgehead atoms. The average molecular weight is 427 g/mol. The van der Waals surface area contributed by atoms with Crippen LogP contribution in [0.5, 0.6) is 0 Å². The highest BCUT2D eigenvalue weighted by atomic mass is 35.5. The van der Waals surface area contributed by atoms with Crippen LogP contribution in [0.1, 0.15) is 41.3 Å². The summed E-state index contributed by atoms with van der Waals surface area (Å²) in [6.07, 6.45) is 1.75. The number of carbonyl (C=O) groups is 3. The number of ether oxygens (including phenoxy) is 1. The SMILES string of the molecule is CCCCOC(=O)c1ccc(NC2=C(Cl)C(=O)N(c3cc(C)cc(C)c3)C2=O)cc1. The minimum Gasteiger partial charge on any atom is -0.462 e. The molecule has 0 aliphatic carbocycles. The first kappa shape index (κ1) is 21.6. The van der Waals surface area contributed by atoms with Crippen LogP contribution in [0.2, 0.25) is 0 Å². The zero-order valence-electron chi connectivity index (χ0n) is 17.1. The summed E-state index contributed by atoms with van der Waals surface area (Å²) in [7, 11) is 0. The van der Waals surface area contributed by atoms with E-state index in [0.29, 0.717) is 23.5 Å². The third-order valence-corrected chi connectivity index (χ3v) is 4.96. The first-order chi connectivity index (χ1) is 14.3. The van der Waals surface area contributed by atoms with Gasteiger partial charge < -0.3 is 10.1 Å². The number of nitrogens with one attached hydrogen (secondary N) is 1. The van der Waals surface area contributed by atoms with E-state index < -0.39 is 17.8 Å². The molecule has 1 N–H and O–H groups in total. The van der Waals surface area contributed by atoms with E-state index in [1.165, 1.54) is 0 Å². The van der Waals surface area contributed by atoms with Gasteiger partial charge in [-0.2, -0.15) is 0 Å². The first-order valence-electron chi connectivity index (χ1n) is 9.73. The van der Waals surface area contributed by atoms with Crippen LogP contribution in [0.15, 0.2) is 53.2 Å². The zero-order chi connectivity index (χ0) is 21.8. The monoisotopic (exact) mass is 426 g/mol. The lowest BCUT2D eigenvalue weighted by Crippen LogP contribution is -2.32. The quantitative estimate of drug-likeness (QED) is 0.394. The van der Waals surface area contributed by atoms with Gasteiger partial charge in [0.05, 0.1) is 17.9 Å². The van der Waals surface area contributed by atoms with Crippen molar-refractivity contribution in [2.45, 2.75) is 33.6 Å². The van der Waals surface area contributed by atoms with Gasteiger partial charge in [-0.15, -0.1) is 0 Å². The van der Waals surface area contributed by atoms with Crippen molar-refractivity contribution in [2.24, 2.45) is 0 Å². The Balaban J connectivity index is 1.75. The summed E-state index contributed by atoms with van der Waals surface area (Å²) >= 11 is 6.18. The molecule has 0 spiro atoms. The molecule has 0 saturated heterocycles. The molecule has 0 fully saturated rings. The molecule has 1 aliphatic rings. The number of anilines is 2. The van der Waals surface area contributed by atoms with Gasteiger partial charge in [-0.25, -0.2) is 9.69 Å². The Morgan fingerprint density at radius 1 is 1.03 bits per heavy atom. The fourth-order valence-corrected chi connectivity index (χ4v) is 3.36. The van der Waals surface area contributed by atoms with E-state index in [-0.39, 0.29) is 10.7 Å². The maximum atomic E-state index is 12.9. The molecular formula is C23H23ClN2O4. The molecule has 2 aromatic rings. The third-order valence-electron chi connectivity index (χ3n) is 4.61.